The first kappa shape index (κ1) is 30.6. The van der Waals surface area contributed by atoms with Crippen LogP contribution in [0, 0.1) is 11.8 Å². The van der Waals surface area contributed by atoms with E-state index in [4.69, 9.17) is 0 Å². The van der Waals surface area contributed by atoms with Gasteiger partial charge in [-0.05, 0) is 81.9 Å². The van der Waals surface area contributed by atoms with E-state index < -0.39 is 0 Å². The van der Waals surface area contributed by atoms with Crippen LogP contribution in [0.5, 0.6) is 0 Å². The number of aliphatic hydroxyl groups excluding tert-OH is 1. The summed E-state index contributed by atoms with van der Waals surface area (Å²) in [6.45, 7) is 12.8. The fraction of sp³-hybridized carbons (Fsp3) is 0.767. The highest BCUT2D eigenvalue weighted by Crippen LogP contribution is 2.25. The maximum absolute atomic E-state index is 13.0. The molecule has 4 saturated heterocycles. The van der Waals surface area contributed by atoms with Gasteiger partial charge >= 0.3 is 0 Å². The Bertz CT molecular complexity index is 952. The van der Waals surface area contributed by atoms with Gasteiger partial charge in [0.1, 0.15) is 0 Å². The van der Waals surface area contributed by atoms with E-state index in [1.54, 1.807) is 0 Å². The molecule has 1 aromatic rings. The maximum Gasteiger partial charge on any atom is 0.251 e. The van der Waals surface area contributed by atoms with E-state index in [0.717, 1.165) is 77.4 Å². The topological polar surface area (TPSA) is 119 Å². The van der Waals surface area contributed by atoms with Crippen molar-refractivity contribution in [2.75, 3.05) is 84.0 Å². The van der Waals surface area contributed by atoms with Crippen molar-refractivity contribution in [2.24, 2.45) is 11.8 Å². The molecule has 0 aromatic heterocycles. The Morgan fingerprint density at radius 1 is 1.07 bits per heavy atom. The van der Waals surface area contributed by atoms with Crippen molar-refractivity contribution < 1.29 is 9.90 Å². The molecule has 0 aliphatic carbocycles. The fourth-order valence-electron chi connectivity index (χ4n) is 7.13. The molecule has 4 aliphatic heterocycles. The number of anilines is 1. The van der Waals surface area contributed by atoms with Gasteiger partial charge in [0.05, 0.1) is 25.6 Å². The monoisotopic (exact) mass is 571 g/mol. The minimum atomic E-state index is 0.00290. The highest BCUT2D eigenvalue weighted by Gasteiger charge is 2.42. The van der Waals surface area contributed by atoms with Crippen LogP contribution in [-0.4, -0.2) is 123 Å². The summed E-state index contributed by atoms with van der Waals surface area (Å²) >= 11 is 0. The predicted molar refractivity (Wildman–Crippen MR) is 163 cm³/mol. The van der Waals surface area contributed by atoms with Crippen LogP contribution < -0.4 is 32.1 Å². The Hall–Kier alpha value is -1.83. The van der Waals surface area contributed by atoms with Crippen LogP contribution >= 0.6 is 0 Å². The molecule has 0 saturated carbocycles. The highest BCUT2D eigenvalue weighted by molar-refractivity contribution is 5.95. The lowest BCUT2D eigenvalue weighted by atomic mass is 9.84. The summed E-state index contributed by atoms with van der Waals surface area (Å²) in [6, 6.07) is 8.33. The van der Waals surface area contributed by atoms with Crippen molar-refractivity contribution in [2.45, 2.75) is 57.4 Å². The number of aliphatic hydroxyl groups is 1. The second-order valence-corrected chi connectivity index (χ2v) is 12.2. The summed E-state index contributed by atoms with van der Waals surface area (Å²) < 4.78 is 0. The Morgan fingerprint density at radius 2 is 1.98 bits per heavy atom. The molecule has 1 amide bonds. The van der Waals surface area contributed by atoms with Crippen LogP contribution in [0.4, 0.5) is 5.69 Å². The van der Waals surface area contributed by atoms with E-state index in [0.29, 0.717) is 36.5 Å². The predicted octanol–water partition coefficient (Wildman–Crippen LogP) is 0.236. The lowest BCUT2D eigenvalue weighted by Crippen LogP contribution is -2.61. The molecular weight excluding hydrogens is 518 g/mol. The molecule has 41 heavy (non-hydrogen) atoms. The molecule has 7 atom stereocenters. The number of hydrogen-bond acceptors (Lipinski definition) is 10. The highest BCUT2D eigenvalue weighted by atomic mass is 16.3. The zero-order valence-electron chi connectivity index (χ0n) is 24.9. The number of benzene rings is 1. The molecule has 11 nitrogen and oxygen atoms in total. The summed E-state index contributed by atoms with van der Waals surface area (Å²) in [5.41, 5.74) is 8.87. The number of nitrogens with one attached hydrogen (secondary N) is 6. The van der Waals surface area contributed by atoms with Crippen LogP contribution in [0.2, 0.25) is 0 Å². The normalized spacial score (nSPS) is 32.4. The van der Waals surface area contributed by atoms with E-state index in [1.807, 2.05) is 24.3 Å². The van der Waals surface area contributed by atoms with Crippen LogP contribution in [0.15, 0.2) is 24.3 Å². The van der Waals surface area contributed by atoms with Gasteiger partial charge in [0.25, 0.3) is 5.91 Å². The Kier molecular flexibility index (Phi) is 11.6. The van der Waals surface area contributed by atoms with Gasteiger partial charge in [-0.2, -0.15) is 0 Å². The number of carbonyl (C=O) groups is 1. The summed E-state index contributed by atoms with van der Waals surface area (Å²) in [6.07, 6.45) is 6.29. The van der Waals surface area contributed by atoms with E-state index >= 15 is 0 Å². The van der Waals surface area contributed by atoms with Crippen LogP contribution in [0.1, 0.15) is 49.4 Å². The Balaban J connectivity index is 1.17. The number of carbonyl (C=O) groups excluding carboxylic acids is 1. The number of hydrogen-bond donors (Lipinski definition) is 7. The van der Waals surface area contributed by atoms with E-state index in [1.165, 1.54) is 19.4 Å². The molecule has 2 bridgehead atoms. The molecule has 0 spiro atoms. The van der Waals surface area contributed by atoms with Crippen LogP contribution in [0.3, 0.4) is 0 Å². The minimum absolute atomic E-state index is 0.00290. The van der Waals surface area contributed by atoms with Gasteiger partial charge in [-0.3, -0.25) is 19.5 Å². The molecule has 4 fully saturated rings. The van der Waals surface area contributed by atoms with Gasteiger partial charge in [-0.15, -0.1) is 0 Å². The average Bonchev–Trinajstić information content (AvgIpc) is 3.31. The summed E-state index contributed by atoms with van der Waals surface area (Å²) in [7, 11) is 0. The third-order valence-electron chi connectivity index (χ3n) is 9.56. The minimum Gasteiger partial charge on any atom is -0.395 e. The van der Waals surface area contributed by atoms with Gasteiger partial charge in [0.15, 0.2) is 0 Å². The molecular formula is C30H53N9O2. The zero-order valence-corrected chi connectivity index (χ0v) is 24.9. The molecule has 5 rings (SSSR count). The molecule has 230 valence electrons. The molecule has 4 heterocycles. The zero-order chi connectivity index (χ0) is 28.4. The SMILES string of the molecule is CCC1CNCCC1CNC(=O)c1cccc(NCC2NNC(C3CCN4CCCCN3C4)N2CCNCCO)c1. The molecule has 4 aliphatic rings. The van der Waals surface area contributed by atoms with Crippen molar-refractivity contribution in [3.05, 3.63) is 29.8 Å². The molecule has 1 aromatic carbocycles. The molecule has 7 N–H and O–H groups in total. The van der Waals surface area contributed by atoms with Crippen LogP contribution in [0.25, 0.3) is 0 Å². The summed E-state index contributed by atoms with van der Waals surface area (Å²) in [4.78, 5) is 20.8. The standard InChI is InChI=1S/C30H53N9O2/c1-2-23-19-32-10-8-25(23)20-34-30(41)24-6-5-7-26(18-24)33-21-28-35-36-29(39(28)16-11-31-12-17-40)27-9-15-37-13-3-4-14-38(27)22-37/h5-7,18,23,25,27-29,31-33,35-36,40H,2-4,8-17,19-22H2,1H3,(H,34,41). The van der Waals surface area contributed by atoms with Gasteiger partial charge in [0, 0.05) is 56.6 Å². The molecule has 0 radical (unpaired) electrons. The van der Waals surface area contributed by atoms with Crippen molar-refractivity contribution in [1.29, 1.82) is 0 Å². The third-order valence-corrected chi connectivity index (χ3v) is 9.56. The quantitative estimate of drug-likeness (QED) is 0.166. The number of amides is 1. The number of rotatable bonds is 13. The maximum atomic E-state index is 13.0. The summed E-state index contributed by atoms with van der Waals surface area (Å²) in [5.74, 6) is 1.17. The van der Waals surface area contributed by atoms with Gasteiger partial charge in [-0.1, -0.05) is 19.4 Å². The van der Waals surface area contributed by atoms with E-state index in [9.17, 15) is 9.90 Å². The number of piperidine rings is 1. The fourth-order valence-corrected chi connectivity index (χ4v) is 7.13. The summed E-state index contributed by atoms with van der Waals surface area (Å²) in [5, 5.41) is 22.9. The van der Waals surface area contributed by atoms with Crippen molar-refractivity contribution >= 4 is 11.6 Å². The van der Waals surface area contributed by atoms with Gasteiger partial charge < -0.3 is 26.4 Å². The van der Waals surface area contributed by atoms with E-state index in [2.05, 4.69) is 53.7 Å². The third kappa shape index (κ3) is 8.17. The number of hydrazine groups is 1. The van der Waals surface area contributed by atoms with Crippen molar-refractivity contribution in [3.8, 4) is 0 Å². The molecule has 11 heteroatoms. The number of fused-ring (bicyclic) bond motifs is 2. The Labute approximate surface area is 246 Å². The lowest BCUT2D eigenvalue weighted by molar-refractivity contribution is 0.00453. The number of nitrogens with zero attached hydrogens (tertiary/aromatic N) is 3. The first-order chi connectivity index (χ1) is 20.2. The lowest BCUT2D eigenvalue weighted by Gasteiger charge is -2.44. The largest absolute Gasteiger partial charge is 0.395 e. The van der Waals surface area contributed by atoms with Crippen molar-refractivity contribution in [3.63, 3.8) is 0 Å². The Morgan fingerprint density at radius 3 is 2.85 bits per heavy atom. The smallest absolute Gasteiger partial charge is 0.251 e. The van der Waals surface area contributed by atoms with E-state index in [-0.39, 0.29) is 24.8 Å². The van der Waals surface area contributed by atoms with Gasteiger partial charge in [0.2, 0.25) is 0 Å². The van der Waals surface area contributed by atoms with Crippen molar-refractivity contribution in [1.82, 2.24) is 41.5 Å². The van der Waals surface area contributed by atoms with Crippen LogP contribution in [-0.2, 0) is 0 Å². The second kappa shape index (κ2) is 15.6. The first-order valence-electron chi connectivity index (χ1n) is 16.0. The first-order valence-corrected chi connectivity index (χ1v) is 16.0. The molecule has 7 unspecified atom stereocenters. The second-order valence-electron chi connectivity index (χ2n) is 12.2. The average molecular weight is 572 g/mol. The van der Waals surface area contributed by atoms with Gasteiger partial charge in [-0.25, -0.2) is 10.9 Å².